The molecule has 3 fully saturated rings. The van der Waals surface area contributed by atoms with Crippen LogP contribution in [-0.4, -0.2) is 95.0 Å². The van der Waals surface area contributed by atoms with E-state index in [1.165, 1.54) is 6.07 Å². The smallest absolute Gasteiger partial charge is 0.269 e. The van der Waals surface area contributed by atoms with Crippen LogP contribution in [0.15, 0.2) is 41.2 Å². The number of halogens is 1. The monoisotopic (exact) mass is 610 g/mol. The lowest BCUT2D eigenvalue weighted by Gasteiger charge is -2.43. The van der Waals surface area contributed by atoms with Crippen LogP contribution in [0.4, 0.5) is 15.8 Å². The number of piperidine rings is 1. The highest BCUT2D eigenvalue weighted by Gasteiger charge is 2.28. The zero-order chi connectivity index (χ0) is 29.8. The van der Waals surface area contributed by atoms with Gasteiger partial charge in [0.25, 0.3) is 11.2 Å². The Kier molecular flexibility index (Phi) is 9.56. The van der Waals surface area contributed by atoms with Crippen LogP contribution in [0.1, 0.15) is 37.1 Å². The van der Waals surface area contributed by atoms with Crippen molar-refractivity contribution in [2.75, 3.05) is 63.9 Å². The van der Waals surface area contributed by atoms with Gasteiger partial charge < -0.3 is 19.5 Å². The summed E-state index contributed by atoms with van der Waals surface area (Å²) in [6.07, 6.45) is 4.86. The Bertz CT molecular complexity index is 1470. The van der Waals surface area contributed by atoms with Crippen molar-refractivity contribution >= 4 is 34.0 Å². The minimum atomic E-state index is -0.505. The van der Waals surface area contributed by atoms with Crippen LogP contribution in [0, 0.1) is 15.9 Å². The normalized spacial score (nSPS) is 19.7. The number of benzene rings is 2. The van der Waals surface area contributed by atoms with E-state index in [-0.39, 0.29) is 16.0 Å². The van der Waals surface area contributed by atoms with Crippen LogP contribution in [-0.2, 0) is 16.9 Å². The van der Waals surface area contributed by atoms with E-state index in [1.807, 2.05) is 18.2 Å². The molecular formula is C31H39FN6O4S. The van der Waals surface area contributed by atoms with Gasteiger partial charge in [0.05, 0.1) is 16.2 Å². The van der Waals surface area contributed by atoms with Crippen molar-refractivity contribution in [3.63, 3.8) is 0 Å². The minimum Gasteiger partial charge on any atom is -0.381 e. The summed E-state index contributed by atoms with van der Waals surface area (Å²) in [5.41, 5.74) is 2.06. The summed E-state index contributed by atoms with van der Waals surface area (Å²) in [6.45, 7) is 8.26. The second-order valence-corrected chi connectivity index (χ2v) is 13.0. The maximum atomic E-state index is 15.0. The molecule has 0 unspecified atom stereocenters. The number of aromatic nitrogens is 2. The molecule has 2 aromatic carbocycles. The van der Waals surface area contributed by atoms with Gasteiger partial charge in [-0.05, 0) is 61.9 Å². The number of fused-ring (bicyclic) bond motifs is 1. The maximum absolute atomic E-state index is 15.0. The molecule has 0 saturated carbocycles. The second-order valence-electron chi connectivity index (χ2n) is 11.7. The summed E-state index contributed by atoms with van der Waals surface area (Å²) < 4.78 is 20.4. The van der Waals surface area contributed by atoms with Gasteiger partial charge in [-0.3, -0.25) is 19.8 Å². The highest BCUT2D eigenvalue weighted by atomic mass is 32.2. The first-order chi connectivity index (χ1) is 20.9. The van der Waals surface area contributed by atoms with Gasteiger partial charge in [0.2, 0.25) is 0 Å². The van der Waals surface area contributed by atoms with E-state index in [9.17, 15) is 19.3 Å². The molecule has 0 spiro atoms. The quantitative estimate of drug-likeness (QED) is 0.282. The Balaban J connectivity index is 0.982. The van der Waals surface area contributed by atoms with E-state index in [0.717, 1.165) is 96.0 Å². The number of hydrogen-bond acceptors (Lipinski definition) is 9. The summed E-state index contributed by atoms with van der Waals surface area (Å²) in [7, 11) is 0. The number of nitro benzene ring substituents is 1. The van der Waals surface area contributed by atoms with Gasteiger partial charge in [-0.15, -0.1) is 0 Å². The molecule has 0 amide bonds. The minimum absolute atomic E-state index is 0.0387. The van der Waals surface area contributed by atoms with Gasteiger partial charge in [-0.2, -0.15) is 11.8 Å². The predicted octanol–water partition coefficient (Wildman–Crippen LogP) is 4.21. The van der Waals surface area contributed by atoms with Crippen molar-refractivity contribution in [2.45, 2.75) is 49.1 Å². The van der Waals surface area contributed by atoms with Gasteiger partial charge in [-0.1, -0.05) is 0 Å². The Morgan fingerprint density at radius 3 is 2.44 bits per heavy atom. The Morgan fingerprint density at radius 1 is 1.02 bits per heavy atom. The highest BCUT2D eigenvalue weighted by Crippen LogP contribution is 2.27. The lowest BCUT2D eigenvalue weighted by Crippen LogP contribution is -2.53. The van der Waals surface area contributed by atoms with Gasteiger partial charge in [0.1, 0.15) is 17.0 Å². The molecule has 3 aliphatic heterocycles. The Hall–Kier alpha value is -3.06. The summed E-state index contributed by atoms with van der Waals surface area (Å²) in [6, 6.07) is 10.8. The molecule has 4 heterocycles. The number of piperazine rings is 1. The van der Waals surface area contributed by atoms with Crippen LogP contribution in [0.5, 0.6) is 0 Å². The summed E-state index contributed by atoms with van der Waals surface area (Å²) >= 11 is 1.78. The molecule has 3 aliphatic rings. The molecule has 6 rings (SSSR count). The Labute approximate surface area is 254 Å². The first kappa shape index (κ1) is 30.0. The Morgan fingerprint density at radius 2 is 1.74 bits per heavy atom. The third-order valence-electron chi connectivity index (χ3n) is 9.02. The lowest BCUT2D eigenvalue weighted by atomic mass is 10.0. The number of nitro groups is 1. The molecule has 1 N–H and O–H groups in total. The molecule has 0 atom stereocenters. The third-order valence-corrected chi connectivity index (χ3v) is 10.4. The van der Waals surface area contributed by atoms with E-state index in [1.54, 1.807) is 23.9 Å². The van der Waals surface area contributed by atoms with E-state index in [4.69, 9.17) is 4.74 Å². The molecule has 0 radical (unpaired) electrons. The number of aromatic amines is 1. The summed E-state index contributed by atoms with van der Waals surface area (Å²) in [5, 5.41) is 11.5. The molecule has 43 heavy (non-hydrogen) atoms. The molecule has 10 nitrogen and oxygen atoms in total. The molecule has 0 bridgehead atoms. The van der Waals surface area contributed by atoms with E-state index < -0.39 is 11.4 Å². The number of hydrogen-bond donors (Lipinski definition) is 1. The van der Waals surface area contributed by atoms with Gasteiger partial charge in [-0.25, -0.2) is 9.37 Å². The average molecular weight is 611 g/mol. The molecule has 3 aromatic rings. The number of H-pyrrole nitrogens is 1. The second kappa shape index (κ2) is 13.7. The van der Waals surface area contributed by atoms with E-state index in [0.29, 0.717) is 34.8 Å². The number of ether oxygens (including phenoxy) is 1. The van der Waals surface area contributed by atoms with Crippen molar-refractivity contribution in [1.82, 2.24) is 19.8 Å². The fourth-order valence-electron chi connectivity index (χ4n) is 6.49. The van der Waals surface area contributed by atoms with Crippen LogP contribution in [0.2, 0.25) is 0 Å². The molecule has 1 aromatic heterocycles. The average Bonchev–Trinajstić information content (AvgIpc) is 3.03. The maximum Gasteiger partial charge on any atom is 0.269 e. The first-order valence-electron chi connectivity index (χ1n) is 15.3. The number of thioether (sulfide) groups is 1. The van der Waals surface area contributed by atoms with Crippen molar-refractivity contribution in [1.29, 1.82) is 0 Å². The fourth-order valence-corrected chi connectivity index (χ4v) is 7.55. The van der Waals surface area contributed by atoms with Crippen LogP contribution in [0.3, 0.4) is 0 Å². The first-order valence-corrected chi connectivity index (χ1v) is 16.3. The van der Waals surface area contributed by atoms with Gasteiger partial charge >= 0.3 is 0 Å². The zero-order valence-corrected chi connectivity index (χ0v) is 25.2. The SMILES string of the molecule is O=c1[nH]c(CSC2CCOCC2)nc2cc(CCN3CCN(C4CCN(c5ccc([N+](=O)[O-])cc5)CC4)CC3)cc(F)c12. The van der Waals surface area contributed by atoms with Crippen molar-refractivity contribution in [3.8, 4) is 0 Å². The zero-order valence-electron chi connectivity index (χ0n) is 24.4. The summed E-state index contributed by atoms with van der Waals surface area (Å²) in [5.74, 6) is 0.692. The third kappa shape index (κ3) is 7.36. The molecule has 12 heteroatoms. The molecule has 0 aliphatic carbocycles. The van der Waals surface area contributed by atoms with Crippen molar-refractivity contribution < 1.29 is 14.1 Å². The number of nitrogens with zero attached hydrogens (tertiary/aromatic N) is 5. The largest absolute Gasteiger partial charge is 0.381 e. The van der Waals surface area contributed by atoms with Crippen LogP contribution >= 0.6 is 11.8 Å². The standard InChI is InChI=1S/C31H39FN6O4S/c32-27-19-22(20-28-30(27)31(39)34-29(33-28)21-43-26-8-17-42-18-9-26)5-10-35-13-15-37(16-14-35)24-6-11-36(12-7-24)23-1-3-25(4-2-23)38(40)41/h1-4,19-20,24,26H,5-18,21H2,(H,33,34,39). The molecule has 3 saturated heterocycles. The number of non-ortho nitro benzene ring substituents is 1. The lowest BCUT2D eigenvalue weighted by molar-refractivity contribution is -0.384. The number of nitrogens with one attached hydrogen (secondary N) is 1. The number of rotatable bonds is 9. The van der Waals surface area contributed by atoms with E-state index in [2.05, 4.69) is 24.7 Å². The van der Waals surface area contributed by atoms with Crippen molar-refractivity contribution in [3.05, 3.63) is 74.1 Å². The molecular weight excluding hydrogens is 571 g/mol. The molecule has 230 valence electrons. The van der Waals surface area contributed by atoms with E-state index >= 15 is 0 Å². The van der Waals surface area contributed by atoms with Gasteiger partial charge in [0.15, 0.2) is 0 Å². The van der Waals surface area contributed by atoms with Crippen LogP contribution in [0.25, 0.3) is 10.9 Å². The van der Waals surface area contributed by atoms with Gasteiger partial charge in [0, 0.05) is 88.1 Å². The van der Waals surface area contributed by atoms with Crippen LogP contribution < -0.4 is 10.5 Å². The predicted molar refractivity (Wildman–Crippen MR) is 168 cm³/mol. The summed E-state index contributed by atoms with van der Waals surface area (Å²) in [4.78, 5) is 38.0. The van der Waals surface area contributed by atoms with Crippen molar-refractivity contribution in [2.24, 2.45) is 0 Å². The fraction of sp³-hybridized carbons (Fsp3) is 0.548. The topological polar surface area (TPSA) is 108 Å². The number of anilines is 1. The highest BCUT2D eigenvalue weighted by molar-refractivity contribution is 7.99.